The monoisotopic (exact) mass is 429 g/mol. The zero-order valence-corrected chi connectivity index (χ0v) is 16.3. The summed E-state index contributed by atoms with van der Waals surface area (Å²) in [6, 6.07) is 7.42. The Morgan fingerprint density at radius 3 is 2.28 bits per heavy atom. The molecule has 1 atom stereocenters. The smallest absolute Gasteiger partial charge is 0.228 e. The maximum absolute atomic E-state index is 12.7. The summed E-state index contributed by atoms with van der Waals surface area (Å²) in [6.45, 7) is 1.72. The number of anilines is 1. The average Bonchev–Trinajstić information content (AvgIpc) is 2.96. The Morgan fingerprint density at radius 1 is 1.12 bits per heavy atom. The van der Waals surface area contributed by atoms with E-state index in [4.69, 9.17) is 0 Å². The van der Waals surface area contributed by atoms with Crippen LogP contribution in [-0.2, 0) is 19.6 Å². The molecule has 1 aromatic rings. The topological polar surface area (TPSA) is 78.0 Å². The lowest BCUT2D eigenvalue weighted by molar-refractivity contribution is -0.136. The second-order valence-corrected chi connectivity index (χ2v) is 9.27. The number of piperazine rings is 1. The second kappa shape index (κ2) is 7.05. The number of sulfonamides is 1. The highest BCUT2D eigenvalue weighted by Gasteiger charge is 2.38. The molecular formula is C16H20BrN3O4S. The number of halogens is 1. The molecule has 0 aromatic heterocycles. The summed E-state index contributed by atoms with van der Waals surface area (Å²) in [5.41, 5.74) is 0.783. The molecule has 0 radical (unpaired) electrons. The van der Waals surface area contributed by atoms with Crippen molar-refractivity contribution in [2.45, 2.75) is 6.42 Å². The van der Waals surface area contributed by atoms with Crippen LogP contribution in [0.25, 0.3) is 0 Å². The van der Waals surface area contributed by atoms with Crippen molar-refractivity contribution < 1.29 is 18.0 Å². The van der Waals surface area contributed by atoms with Gasteiger partial charge in [-0.1, -0.05) is 15.9 Å². The first kappa shape index (κ1) is 18.3. The van der Waals surface area contributed by atoms with Gasteiger partial charge in [-0.25, -0.2) is 8.42 Å². The van der Waals surface area contributed by atoms with Crippen molar-refractivity contribution in [1.29, 1.82) is 0 Å². The largest absolute Gasteiger partial charge is 0.340 e. The fraction of sp³-hybridized carbons (Fsp3) is 0.500. The Bertz CT molecular complexity index is 773. The van der Waals surface area contributed by atoms with Crippen molar-refractivity contribution in [3.8, 4) is 0 Å². The molecule has 2 aliphatic heterocycles. The Hall–Kier alpha value is -1.45. The summed E-state index contributed by atoms with van der Waals surface area (Å²) < 4.78 is 25.4. The summed E-state index contributed by atoms with van der Waals surface area (Å²) in [7, 11) is -3.22. The first-order chi connectivity index (χ1) is 11.8. The summed E-state index contributed by atoms with van der Waals surface area (Å²) in [4.78, 5) is 28.3. The molecule has 0 unspecified atom stereocenters. The zero-order chi connectivity index (χ0) is 18.2. The van der Waals surface area contributed by atoms with Gasteiger partial charge in [-0.3, -0.25) is 9.59 Å². The van der Waals surface area contributed by atoms with E-state index in [1.165, 1.54) is 10.6 Å². The fourth-order valence-electron chi connectivity index (χ4n) is 3.24. The Kier molecular flexibility index (Phi) is 5.17. The van der Waals surface area contributed by atoms with Crippen molar-refractivity contribution in [3.05, 3.63) is 28.7 Å². The van der Waals surface area contributed by atoms with Crippen molar-refractivity contribution in [3.63, 3.8) is 0 Å². The standard InChI is InChI=1S/C16H20BrN3O4S/c1-25(23,24)19-8-6-18(7-9-19)16(22)12-10-15(21)20(11-12)14-4-2-13(17)3-5-14/h2-5,12H,6-11H2,1H3/t12-/m1/s1. The molecular weight excluding hydrogens is 410 g/mol. The van der Waals surface area contributed by atoms with Gasteiger partial charge in [-0.15, -0.1) is 0 Å². The lowest BCUT2D eigenvalue weighted by Crippen LogP contribution is -2.51. The number of benzene rings is 1. The quantitative estimate of drug-likeness (QED) is 0.714. The highest BCUT2D eigenvalue weighted by molar-refractivity contribution is 9.10. The minimum atomic E-state index is -3.22. The average molecular weight is 430 g/mol. The van der Waals surface area contributed by atoms with E-state index in [1.807, 2.05) is 24.3 Å². The van der Waals surface area contributed by atoms with E-state index in [0.717, 1.165) is 10.2 Å². The van der Waals surface area contributed by atoms with Gasteiger partial charge in [0.1, 0.15) is 0 Å². The fourth-order valence-corrected chi connectivity index (χ4v) is 4.33. The molecule has 7 nitrogen and oxygen atoms in total. The van der Waals surface area contributed by atoms with E-state index in [2.05, 4.69) is 15.9 Å². The van der Waals surface area contributed by atoms with Crippen molar-refractivity contribution in [1.82, 2.24) is 9.21 Å². The molecule has 2 fully saturated rings. The molecule has 0 spiro atoms. The maximum atomic E-state index is 12.7. The van der Waals surface area contributed by atoms with Crippen molar-refractivity contribution >= 4 is 43.5 Å². The van der Waals surface area contributed by atoms with E-state index in [9.17, 15) is 18.0 Å². The number of amides is 2. The Labute approximate surface area is 155 Å². The molecule has 2 amide bonds. The highest BCUT2D eigenvalue weighted by Crippen LogP contribution is 2.27. The molecule has 9 heteroatoms. The molecule has 25 heavy (non-hydrogen) atoms. The summed E-state index contributed by atoms with van der Waals surface area (Å²) in [5, 5.41) is 0. The first-order valence-corrected chi connectivity index (χ1v) is 10.7. The highest BCUT2D eigenvalue weighted by atomic mass is 79.9. The lowest BCUT2D eigenvalue weighted by Gasteiger charge is -2.34. The maximum Gasteiger partial charge on any atom is 0.228 e. The first-order valence-electron chi connectivity index (χ1n) is 8.05. The van der Waals surface area contributed by atoms with Crippen LogP contribution >= 0.6 is 15.9 Å². The second-order valence-electron chi connectivity index (χ2n) is 6.37. The minimum absolute atomic E-state index is 0.0598. The zero-order valence-electron chi connectivity index (χ0n) is 13.9. The van der Waals surface area contributed by atoms with Gasteiger partial charge >= 0.3 is 0 Å². The van der Waals surface area contributed by atoms with Gasteiger partial charge in [-0.2, -0.15) is 4.31 Å². The molecule has 3 rings (SSSR count). The van der Waals surface area contributed by atoms with Crippen molar-refractivity contribution in [2.24, 2.45) is 5.92 Å². The number of rotatable bonds is 3. The van der Waals surface area contributed by atoms with E-state index in [0.29, 0.717) is 32.7 Å². The van der Waals surface area contributed by atoms with Crippen LogP contribution in [0.2, 0.25) is 0 Å². The molecule has 136 valence electrons. The van der Waals surface area contributed by atoms with Gasteiger partial charge in [-0.05, 0) is 24.3 Å². The predicted molar refractivity (Wildman–Crippen MR) is 97.6 cm³/mol. The van der Waals surface area contributed by atoms with Gasteiger partial charge in [0.15, 0.2) is 0 Å². The molecule has 2 aliphatic rings. The third kappa shape index (κ3) is 4.04. The number of nitrogens with zero attached hydrogens (tertiary/aromatic N) is 3. The summed E-state index contributed by atoms with van der Waals surface area (Å²) >= 11 is 3.36. The summed E-state index contributed by atoms with van der Waals surface area (Å²) in [5.74, 6) is -0.502. The molecule has 0 bridgehead atoms. The lowest BCUT2D eigenvalue weighted by atomic mass is 10.1. The molecule has 1 aromatic carbocycles. The predicted octanol–water partition coefficient (Wildman–Crippen LogP) is 0.906. The molecule has 2 heterocycles. The van der Waals surface area contributed by atoms with Crippen LogP contribution in [0.5, 0.6) is 0 Å². The van der Waals surface area contributed by atoms with Gasteiger partial charge < -0.3 is 9.80 Å². The van der Waals surface area contributed by atoms with E-state index >= 15 is 0 Å². The van der Waals surface area contributed by atoms with Gasteiger partial charge in [0.25, 0.3) is 0 Å². The van der Waals surface area contributed by atoms with Crippen LogP contribution in [0.1, 0.15) is 6.42 Å². The van der Waals surface area contributed by atoms with E-state index in [-0.39, 0.29) is 24.2 Å². The van der Waals surface area contributed by atoms with Crippen molar-refractivity contribution in [2.75, 3.05) is 43.9 Å². The van der Waals surface area contributed by atoms with Crippen LogP contribution in [0.3, 0.4) is 0 Å². The van der Waals surface area contributed by atoms with Gasteiger partial charge in [0.2, 0.25) is 21.8 Å². The summed E-state index contributed by atoms with van der Waals surface area (Å²) in [6.07, 6.45) is 1.37. The molecule has 2 saturated heterocycles. The van der Waals surface area contributed by atoms with Crippen LogP contribution < -0.4 is 4.90 Å². The van der Waals surface area contributed by atoms with Crippen LogP contribution in [0.4, 0.5) is 5.69 Å². The third-order valence-electron chi connectivity index (χ3n) is 4.63. The Morgan fingerprint density at radius 2 is 1.72 bits per heavy atom. The van der Waals surface area contributed by atoms with Crippen LogP contribution in [0, 0.1) is 5.92 Å². The third-order valence-corrected chi connectivity index (χ3v) is 6.46. The van der Waals surface area contributed by atoms with Crippen LogP contribution in [0.15, 0.2) is 28.7 Å². The van der Waals surface area contributed by atoms with Crippen LogP contribution in [-0.4, -0.2) is 68.4 Å². The molecule has 0 saturated carbocycles. The Balaban J connectivity index is 1.63. The van der Waals surface area contributed by atoms with Gasteiger partial charge in [0, 0.05) is 49.3 Å². The number of hydrogen-bond donors (Lipinski definition) is 0. The minimum Gasteiger partial charge on any atom is -0.340 e. The van der Waals surface area contributed by atoms with Gasteiger partial charge in [0.05, 0.1) is 12.2 Å². The normalized spacial score (nSPS) is 22.5. The SMILES string of the molecule is CS(=O)(=O)N1CCN(C(=O)[C@@H]2CC(=O)N(c3ccc(Br)cc3)C2)CC1. The molecule has 0 aliphatic carbocycles. The number of carbonyl (C=O) groups excluding carboxylic acids is 2. The number of hydrogen-bond acceptors (Lipinski definition) is 4. The van der Waals surface area contributed by atoms with E-state index < -0.39 is 10.0 Å². The number of carbonyl (C=O) groups is 2. The van der Waals surface area contributed by atoms with E-state index in [1.54, 1.807) is 9.80 Å². The molecule has 0 N–H and O–H groups in total.